The first-order valence-corrected chi connectivity index (χ1v) is 11.1. The second-order valence-corrected chi connectivity index (χ2v) is 8.69. The maximum Gasteiger partial charge on any atom is 0.216 e. The largest absolute Gasteiger partial charge is 0.454 e. The number of hydrogen-bond donors (Lipinski definition) is 0. The first-order chi connectivity index (χ1) is 17.8. The minimum absolute atomic E-state index is 0.283. The molecule has 0 spiro atoms. The summed E-state index contributed by atoms with van der Waals surface area (Å²) in [6, 6.07) is 28.1. The Balaban J connectivity index is 1.66. The highest BCUT2D eigenvalue weighted by atomic mass is 16.3. The van der Waals surface area contributed by atoms with Crippen LogP contribution in [0.4, 0.5) is 0 Å². The van der Waals surface area contributed by atoms with Crippen LogP contribution in [0.25, 0.3) is 55.1 Å². The standard InChI is InChI=1S/C31H23N2O/c1-19-8-15-27(33(3)18-19)28-20(2)9-13-25-26-14-12-24(17-32)29(31(26)34-30(25)28)23-11-10-21-6-4-5-7-22(21)16-23/h4-16,18H,1-3H3/q+1/i1D3. The van der Waals surface area contributed by atoms with Gasteiger partial charge in [-0.1, -0.05) is 48.5 Å². The number of benzene rings is 4. The fourth-order valence-corrected chi connectivity index (χ4v) is 4.91. The molecule has 0 unspecified atom stereocenters. The van der Waals surface area contributed by atoms with Gasteiger partial charge in [0.15, 0.2) is 6.20 Å². The van der Waals surface area contributed by atoms with Crippen LogP contribution in [-0.2, 0) is 7.05 Å². The molecule has 162 valence electrons. The van der Waals surface area contributed by atoms with Gasteiger partial charge < -0.3 is 4.42 Å². The van der Waals surface area contributed by atoms with Gasteiger partial charge in [0.1, 0.15) is 18.2 Å². The Morgan fingerprint density at radius 1 is 0.853 bits per heavy atom. The summed E-state index contributed by atoms with van der Waals surface area (Å²) in [5.74, 6) is 0. The van der Waals surface area contributed by atoms with Crippen molar-refractivity contribution in [3.63, 3.8) is 0 Å². The van der Waals surface area contributed by atoms with Crippen LogP contribution in [-0.4, -0.2) is 0 Å². The van der Waals surface area contributed by atoms with Crippen LogP contribution in [0.3, 0.4) is 0 Å². The van der Waals surface area contributed by atoms with Crippen LogP contribution in [0.2, 0.25) is 0 Å². The molecule has 34 heavy (non-hydrogen) atoms. The second-order valence-electron chi connectivity index (χ2n) is 8.69. The molecule has 0 atom stereocenters. The number of hydrogen-bond acceptors (Lipinski definition) is 2. The number of nitriles is 1. The summed E-state index contributed by atoms with van der Waals surface area (Å²) in [6.07, 6.45) is 1.65. The Bertz CT molecular complexity index is 1910. The number of fused-ring (bicyclic) bond motifs is 4. The molecule has 3 nitrogen and oxygen atoms in total. The summed E-state index contributed by atoms with van der Waals surface area (Å²) in [5.41, 5.74) is 6.66. The van der Waals surface area contributed by atoms with E-state index in [0.29, 0.717) is 16.7 Å². The first kappa shape index (κ1) is 17.1. The predicted octanol–water partition coefficient (Wildman–Crippen LogP) is 7.39. The van der Waals surface area contributed by atoms with Crippen LogP contribution in [0.15, 0.2) is 89.5 Å². The molecular formula is C31H23N2O+. The van der Waals surface area contributed by atoms with Gasteiger partial charge in [0.05, 0.1) is 17.2 Å². The van der Waals surface area contributed by atoms with Crippen LogP contribution in [0, 0.1) is 25.1 Å². The molecule has 0 N–H and O–H groups in total. The number of aromatic nitrogens is 1. The molecule has 6 aromatic rings. The number of furan rings is 1. The lowest BCUT2D eigenvalue weighted by molar-refractivity contribution is -0.660. The Morgan fingerprint density at radius 2 is 1.62 bits per heavy atom. The van der Waals surface area contributed by atoms with Gasteiger partial charge in [0, 0.05) is 32.1 Å². The van der Waals surface area contributed by atoms with Gasteiger partial charge in [-0.3, -0.25) is 0 Å². The Labute approximate surface area is 202 Å². The van der Waals surface area contributed by atoms with Gasteiger partial charge in [-0.2, -0.15) is 5.26 Å². The predicted molar refractivity (Wildman–Crippen MR) is 137 cm³/mol. The van der Waals surface area contributed by atoms with E-state index in [0.717, 1.165) is 49.5 Å². The maximum atomic E-state index is 9.99. The third kappa shape index (κ3) is 3.00. The topological polar surface area (TPSA) is 40.8 Å². The van der Waals surface area contributed by atoms with E-state index in [1.165, 1.54) is 0 Å². The summed E-state index contributed by atoms with van der Waals surface area (Å²) in [4.78, 5) is 0. The minimum atomic E-state index is -2.18. The zero-order valence-corrected chi connectivity index (χ0v) is 18.9. The van der Waals surface area contributed by atoms with Gasteiger partial charge in [0.25, 0.3) is 0 Å². The van der Waals surface area contributed by atoms with Gasteiger partial charge >= 0.3 is 0 Å². The summed E-state index contributed by atoms with van der Waals surface area (Å²) < 4.78 is 31.8. The molecular weight excluding hydrogens is 416 g/mol. The molecule has 2 heterocycles. The van der Waals surface area contributed by atoms with Crippen LogP contribution < -0.4 is 4.57 Å². The number of aryl methyl sites for hydroxylation is 3. The molecule has 0 amide bonds. The SMILES string of the molecule is [2H]C([2H])([2H])c1ccc(-c2c(C)ccc3c2oc2c(-c4ccc5ccccc5c4)c(C#N)ccc23)[n+](C)c1. The second kappa shape index (κ2) is 7.57. The number of rotatable bonds is 2. The van der Waals surface area contributed by atoms with Crippen LogP contribution in [0.5, 0.6) is 0 Å². The molecule has 3 heteroatoms. The third-order valence-corrected chi connectivity index (χ3v) is 6.57. The summed E-state index contributed by atoms with van der Waals surface area (Å²) in [7, 11) is 1.85. The van der Waals surface area contributed by atoms with Crippen molar-refractivity contribution >= 4 is 32.7 Å². The van der Waals surface area contributed by atoms with Gasteiger partial charge in [0.2, 0.25) is 5.69 Å². The van der Waals surface area contributed by atoms with E-state index in [9.17, 15) is 5.26 Å². The van der Waals surface area contributed by atoms with E-state index in [2.05, 4.69) is 36.4 Å². The van der Waals surface area contributed by atoms with Gasteiger partial charge in [-0.25, -0.2) is 4.57 Å². The molecule has 0 radical (unpaired) electrons. The highest BCUT2D eigenvalue weighted by Gasteiger charge is 2.23. The fraction of sp³-hybridized carbons (Fsp3) is 0.0968. The average molecular weight is 443 g/mol. The minimum Gasteiger partial charge on any atom is -0.454 e. The highest BCUT2D eigenvalue weighted by molar-refractivity contribution is 6.14. The molecule has 0 saturated carbocycles. The molecule has 0 fully saturated rings. The van der Waals surface area contributed by atoms with Crippen LogP contribution >= 0.6 is 0 Å². The Kier molecular flexibility index (Phi) is 3.81. The van der Waals surface area contributed by atoms with Crippen molar-refractivity contribution in [2.75, 3.05) is 0 Å². The fourth-order valence-electron chi connectivity index (χ4n) is 4.91. The summed E-state index contributed by atoms with van der Waals surface area (Å²) in [6.45, 7) is -0.163. The van der Waals surface area contributed by atoms with Gasteiger partial charge in [-0.05, 0) is 59.9 Å². The molecule has 2 aromatic heterocycles. The van der Waals surface area contributed by atoms with Crippen molar-refractivity contribution in [1.29, 1.82) is 5.26 Å². The van der Waals surface area contributed by atoms with Crippen molar-refractivity contribution < 1.29 is 13.1 Å². The number of nitrogens with zero attached hydrogens (tertiary/aromatic N) is 2. The van der Waals surface area contributed by atoms with E-state index in [4.69, 9.17) is 8.53 Å². The lowest BCUT2D eigenvalue weighted by Crippen LogP contribution is -2.31. The molecule has 0 aliphatic carbocycles. The highest BCUT2D eigenvalue weighted by Crippen LogP contribution is 2.42. The maximum absolute atomic E-state index is 9.99. The summed E-state index contributed by atoms with van der Waals surface area (Å²) in [5, 5.41) is 14.1. The lowest BCUT2D eigenvalue weighted by atomic mass is 9.95. The van der Waals surface area contributed by atoms with Crippen molar-refractivity contribution in [1.82, 2.24) is 0 Å². The van der Waals surface area contributed by atoms with Crippen molar-refractivity contribution in [2.24, 2.45) is 7.05 Å². The van der Waals surface area contributed by atoms with Gasteiger partial charge in [-0.15, -0.1) is 0 Å². The van der Waals surface area contributed by atoms with E-state index < -0.39 is 6.85 Å². The molecule has 0 aliphatic rings. The molecule has 0 saturated heterocycles. The zero-order chi connectivity index (χ0) is 25.9. The third-order valence-electron chi connectivity index (χ3n) is 6.57. The lowest BCUT2D eigenvalue weighted by Gasteiger charge is -2.07. The van der Waals surface area contributed by atoms with Crippen molar-refractivity contribution in [3.05, 3.63) is 102 Å². The average Bonchev–Trinajstić information content (AvgIpc) is 3.26. The van der Waals surface area contributed by atoms with E-state index >= 15 is 0 Å². The van der Waals surface area contributed by atoms with E-state index in [-0.39, 0.29) is 5.56 Å². The molecule has 4 aromatic carbocycles. The van der Waals surface area contributed by atoms with E-state index in [1.54, 1.807) is 12.3 Å². The van der Waals surface area contributed by atoms with E-state index in [1.807, 2.05) is 61.0 Å². The normalized spacial score (nSPS) is 13.0. The summed E-state index contributed by atoms with van der Waals surface area (Å²) >= 11 is 0. The van der Waals surface area contributed by atoms with Crippen molar-refractivity contribution in [2.45, 2.75) is 13.8 Å². The zero-order valence-electron chi connectivity index (χ0n) is 21.9. The molecule has 6 rings (SSSR count). The molecule has 0 bridgehead atoms. The van der Waals surface area contributed by atoms with Crippen LogP contribution in [0.1, 0.15) is 20.8 Å². The monoisotopic (exact) mass is 442 g/mol. The first-order valence-electron chi connectivity index (χ1n) is 12.6. The quantitative estimate of drug-likeness (QED) is 0.262. The van der Waals surface area contributed by atoms with Crippen molar-refractivity contribution in [3.8, 4) is 28.5 Å². The number of pyridine rings is 1. The molecule has 0 aliphatic heterocycles. The smallest absolute Gasteiger partial charge is 0.216 e. The Morgan fingerprint density at radius 3 is 2.38 bits per heavy atom. The Hall–Kier alpha value is -4.42.